The molecule has 1 aromatic carbocycles. The number of imidazole rings is 1. The van der Waals surface area contributed by atoms with Crippen LogP contribution >= 0.6 is 0 Å². The van der Waals surface area contributed by atoms with Gasteiger partial charge in [0, 0.05) is 29.4 Å². The number of fused-ring (bicyclic) bond motifs is 1. The number of benzene rings is 1. The third kappa shape index (κ3) is 2.54. The first-order valence-electron chi connectivity index (χ1n) is 7.91. The van der Waals surface area contributed by atoms with Crippen molar-refractivity contribution in [3.8, 4) is 29.0 Å². The Morgan fingerprint density at radius 3 is 2.58 bits per heavy atom. The Balaban J connectivity index is 2.13. The zero-order valence-corrected chi connectivity index (χ0v) is 14.2. The molecule has 0 atom stereocenters. The molecule has 0 bridgehead atoms. The van der Waals surface area contributed by atoms with Gasteiger partial charge in [-0.1, -0.05) is 0 Å². The molecule has 0 saturated heterocycles. The van der Waals surface area contributed by atoms with Gasteiger partial charge in [-0.25, -0.2) is 19.9 Å². The van der Waals surface area contributed by atoms with Gasteiger partial charge in [-0.05, 0) is 31.2 Å². The number of nitrogens with zero attached hydrogens (tertiary/aromatic N) is 6. The summed E-state index contributed by atoms with van der Waals surface area (Å²) in [5.41, 5.74) is 1.70. The fourth-order valence-electron chi connectivity index (χ4n) is 2.87. The van der Waals surface area contributed by atoms with Crippen LogP contribution in [0.3, 0.4) is 0 Å². The lowest BCUT2D eigenvalue weighted by Crippen LogP contribution is -2.03. The van der Waals surface area contributed by atoms with Crippen LogP contribution in [-0.4, -0.2) is 31.6 Å². The summed E-state index contributed by atoms with van der Waals surface area (Å²) in [5.74, 6) is 1.75. The van der Waals surface area contributed by atoms with E-state index in [1.165, 1.54) is 0 Å². The minimum atomic E-state index is 0.248. The number of pyridine rings is 1. The molecule has 126 valence electrons. The van der Waals surface area contributed by atoms with Gasteiger partial charge in [-0.3, -0.25) is 4.57 Å². The number of nitriles is 1. The van der Waals surface area contributed by atoms with Crippen LogP contribution in [0.4, 0.5) is 0 Å². The number of aryl methyl sites for hydroxylation is 1. The standard InChI is InChI=1S/C19H14N6O/c1-12-10-25(11-23-12)19-14-5-4-13(26-2)8-15(14)17(16(9-20)24-19)18-21-6-3-7-22-18/h3-8,10-11H,1-2H3. The molecule has 0 aliphatic rings. The van der Waals surface area contributed by atoms with E-state index in [0.717, 1.165) is 16.5 Å². The van der Waals surface area contributed by atoms with Crippen molar-refractivity contribution in [1.82, 2.24) is 24.5 Å². The Morgan fingerprint density at radius 1 is 1.12 bits per heavy atom. The molecular formula is C19H14N6O. The summed E-state index contributed by atoms with van der Waals surface area (Å²) >= 11 is 0. The van der Waals surface area contributed by atoms with Crippen molar-refractivity contribution in [3.05, 3.63) is 60.6 Å². The van der Waals surface area contributed by atoms with Crippen molar-refractivity contribution < 1.29 is 4.74 Å². The zero-order valence-electron chi connectivity index (χ0n) is 14.2. The number of rotatable bonds is 3. The molecule has 7 heteroatoms. The third-order valence-electron chi connectivity index (χ3n) is 4.04. The molecule has 0 fully saturated rings. The van der Waals surface area contributed by atoms with E-state index in [-0.39, 0.29) is 5.69 Å². The van der Waals surface area contributed by atoms with Crippen LogP contribution in [0.2, 0.25) is 0 Å². The van der Waals surface area contributed by atoms with Gasteiger partial charge < -0.3 is 4.74 Å². The van der Waals surface area contributed by atoms with Crippen LogP contribution in [0.5, 0.6) is 5.75 Å². The highest BCUT2D eigenvalue weighted by Crippen LogP contribution is 2.34. The zero-order chi connectivity index (χ0) is 18.1. The van der Waals surface area contributed by atoms with E-state index in [1.54, 1.807) is 36.5 Å². The molecule has 4 aromatic rings. The molecule has 0 aliphatic heterocycles. The quantitative estimate of drug-likeness (QED) is 0.568. The van der Waals surface area contributed by atoms with E-state index in [9.17, 15) is 5.26 Å². The molecule has 0 aliphatic carbocycles. The fourth-order valence-corrected chi connectivity index (χ4v) is 2.87. The maximum atomic E-state index is 9.72. The molecule has 3 aromatic heterocycles. The molecule has 26 heavy (non-hydrogen) atoms. The van der Waals surface area contributed by atoms with E-state index in [2.05, 4.69) is 26.0 Å². The first kappa shape index (κ1) is 15.7. The number of hydrogen-bond donors (Lipinski definition) is 0. The van der Waals surface area contributed by atoms with E-state index in [1.807, 2.05) is 31.3 Å². The lowest BCUT2D eigenvalue weighted by Gasteiger charge is -2.13. The van der Waals surface area contributed by atoms with Crippen molar-refractivity contribution >= 4 is 10.8 Å². The van der Waals surface area contributed by atoms with Crippen molar-refractivity contribution in [2.75, 3.05) is 7.11 Å². The molecular weight excluding hydrogens is 328 g/mol. The summed E-state index contributed by atoms with van der Waals surface area (Å²) in [6, 6.07) is 9.55. The van der Waals surface area contributed by atoms with Crippen molar-refractivity contribution in [2.24, 2.45) is 0 Å². The Kier molecular flexibility index (Phi) is 3.78. The molecule has 0 spiro atoms. The molecule has 0 amide bonds. The normalized spacial score (nSPS) is 10.7. The van der Waals surface area contributed by atoms with Gasteiger partial charge in [0.15, 0.2) is 11.5 Å². The van der Waals surface area contributed by atoms with Gasteiger partial charge in [0.2, 0.25) is 0 Å². The molecule has 7 nitrogen and oxygen atoms in total. The van der Waals surface area contributed by atoms with Crippen molar-refractivity contribution in [3.63, 3.8) is 0 Å². The number of ether oxygens (including phenoxy) is 1. The van der Waals surface area contributed by atoms with Gasteiger partial charge in [-0.2, -0.15) is 5.26 Å². The van der Waals surface area contributed by atoms with Crippen LogP contribution < -0.4 is 4.74 Å². The molecule has 0 N–H and O–H groups in total. The van der Waals surface area contributed by atoms with Gasteiger partial charge in [0.1, 0.15) is 24.0 Å². The highest BCUT2D eigenvalue weighted by molar-refractivity contribution is 6.01. The maximum absolute atomic E-state index is 9.72. The number of hydrogen-bond acceptors (Lipinski definition) is 6. The highest BCUT2D eigenvalue weighted by atomic mass is 16.5. The third-order valence-corrected chi connectivity index (χ3v) is 4.04. The van der Waals surface area contributed by atoms with E-state index < -0.39 is 0 Å². The summed E-state index contributed by atoms with van der Waals surface area (Å²) in [7, 11) is 1.60. The van der Waals surface area contributed by atoms with Crippen LogP contribution in [0.1, 0.15) is 11.4 Å². The Hall–Kier alpha value is -3.79. The first-order valence-corrected chi connectivity index (χ1v) is 7.91. The van der Waals surface area contributed by atoms with E-state index >= 15 is 0 Å². The second-order valence-corrected chi connectivity index (χ2v) is 5.68. The second kappa shape index (κ2) is 6.26. The van der Waals surface area contributed by atoms with Crippen LogP contribution in [0, 0.1) is 18.3 Å². The predicted octanol–water partition coefficient (Wildman–Crippen LogP) is 3.07. The Morgan fingerprint density at radius 2 is 1.92 bits per heavy atom. The number of aromatic nitrogens is 5. The monoisotopic (exact) mass is 342 g/mol. The second-order valence-electron chi connectivity index (χ2n) is 5.68. The molecule has 0 unspecified atom stereocenters. The summed E-state index contributed by atoms with van der Waals surface area (Å²) in [6.45, 7) is 1.90. The average molecular weight is 342 g/mol. The Labute approximate surface area is 149 Å². The fraction of sp³-hybridized carbons (Fsp3) is 0.105. The van der Waals surface area contributed by atoms with Crippen LogP contribution in [0.15, 0.2) is 49.2 Å². The van der Waals surface area contributed by atoms with E-state index in [0.29, 0.717) is 23.0 Å². The molecule has 3 heterocycles. The van der Waals surface area contributed by atoms with Crippen LogP contribution in [-0.2, 0) is 0 Å². The average Bonchev–Trinajstić information content (AvgIpc) is 3.12. The lowest BCUT2D eigenvalue weighted by molar-refractivity contribution is 0.415. The van der Waals surface area contributed by atoms with Gasteiger partial charge in [0.25, 0.3) is 0 Å². The van der Waals surface area contributed by atoms with Gasteiger partial charge in [0.05, 0.1) is 18.4 Å². The van der Waals surface area contributed by atoms with Crippen molar-refractivity contribution in [2.45, 2.75) is 6.92 Å². The van der Waals surface area contributed by atoms with Gasteiger partial charge >= 0.3 is 0 Å². The largest absolute Gasteiger partial charge is 0.497 e. The smallest absolute Gasteiger partial charge is 0.162 e. The summed E-state index contributed by atoms with van der Waals surface area (Å²) in [6.07, 6.45) is 6.83. The highest BCUT2D eigenvalue weighted by Gasteiger charge is 2.19. The van der Waals surface area contributed by atoms with Gasteiger partial charge in [-0.15, -0.1) is 0 Å². The predicted molar refractivity (Wildman–Crippen MR) is 95.9 cm³/mol. The molecule has 4 rings (SSSR count). The van der Waals surface area contributed by atoms with Crippen molar-refractivity contribution in [1.29, 1.82) is 5.26 Å². The minimum Gasteiger partial charge on any atom is -0.497 e. The molecule has 0 radical (unpaired) electrons. The van der Waals surface area contributed by atoms with Crippen LogP contribution in [0.25, 0.3) is 28.0 Å². The summed E-state index contributed by atoms with van der Waals surface area (Å²) in [4.78, 5) is 17.5. The Bertz CT molecular complexity index is 1140. The summed E-state index contributed by atoms with van der Waals surface area (Å²) in [5, 5.41) is 11.4. The number of methoxy groups -OCH3 is 1. The van der Waals surface area contributed by atoms with E-state index in [4.69, 9.17) is 4.74 Å². The molecule has 0 saturated carbocycles. The first-order chi connectivity index (χ1) is 12.7. The lowest BCUT2D eigenvalue weighted by atomic mass is 10.0. The SMILES string of the molecule is COc1ccc2c(-n3cnc(C)c3)nc(C#N)c(-c3ncccn3)c2c1. The maximum Gasteiger partial charge on any atom is 0.162 e. The minimum absolute atomic E-state index is 0.248. The topological polar surface area (TPSA) is 89.5 Å². The summed E-state index contributed by atoms with van der Waals surface area (Å²) < 4.78 is 7.18.